The van der Waals surface area contributed by atoms with Crippen molar-refractivity contribution in [3.05, 3.63) is 29.3 Å². The van der Waals surface area contributed by atoms with Crippen molar-refractivity contribution in [2.45, 2.75) is 30.2 Å². The highest BCUT2D eigenvalue weighted by Crippen LogP contribution is 2.22. The molecule has 0 spiro atoms. The summed E-state index contributed by atoms with van der Waals surface area (Å²) in [7, 11) is -2.48. The lowest BCUT2D eigenvalue weighted by Crippen LogP contribution is -2.47. The SMILES string of the molecule is CN(C1CCCC(=O)NC1=O)S(=O)(=O)c1ccc(Cl)cc1. The molecule has 1 aromatic rings. The van der Waals surface area contributed by atoms with E-state index in [1.807, 2.05) is 0 Å². The Morgan fingerprint density at radius 2 is 1.86 bits per heavy atom. The summed E-state index contributed by atoms with van der Waals surface area (Å²) in [6.07, 6.45) is 0.987. The van der Waals surface area contributed by atoms with Crippen molar-refractivity contribution in [2.24, 2.45) is 0 Å². The van der Waals surface area contributed by atoms with E-state index < -0.39 is 22.0 Å². The van der Waals surface area contributed by atoms with Gasteiger partial charge in [-0.1, -0.05) is 11.6 Å². The molecule has 0 saturated carbocycles. The zero-order chi connectivity index (χ0) is 15.6. The second-order valence-corrected chi connectivity index (χ2v) is 7.23. The van der Waals surface area contributed by atoms with Gasteiger partial charge in [0.15, 0.2) is 0 Å². The Kier molecular flexibility index (Phi) is 4.65. The van der Waals surface area contributed by atoms with E-state index in [-0.39, 0.29) is 17.2 Å². The standard InChI is InChI=1S/C13H15ClN2O4S/c1-16(11-3-2-4-12(17)15-13(11)18)21(19,20)10-7-5-9(14)6-8-10/h5-8,11H,2-4H2,1H3,(H,15,17,18). The van der Waals surface area contributed by atoms with Crippen molar-refractivity contribution in [1.82, 2.24) is 9.62 Å². The lowest BCUT2D eigenvalue weighted by molar-refractivity contribution is -0.131. The molecule has 1 heterocycles. The van der Waals surface area contributed by atoms with E-state index in [2.05, 4.69) is 5.32 Å². The third kappa shape index (κ3) is 3.42. The third-order valence-electron chi connectivity index (χ3n) is 3.38. The van der Waals surface area contributed by atoms with Gasteiger partial charge >= 0.3 is 0 Å². The van der Waals surface area contributed by atoms with Gasteiger partial charge in [0.2, 0.25) is 21.8 Å². The Labute approximate surface area is 128 Å². The van der Waals surface area contributed by atoms with Gasteiger partial charge in [0.05, 0.1) is 4.90 Å². The van der Waals surface area contributed by atoms with Gasteiger partial charge in [-0.2, -0.15) is 4.31 Å². The Balaban J connectivity index is 2.29. The van der Waals surface area contributed by atoms with Crippen molar-refractivity contribution < 1.29 is 18.0 Å². The number of sulfonamides is 1. The summed E-state index contributed by atoms with van der Waals surface area (Å²) in [5.41, 5.74) is 0. The molecule has 1 aromatic carbocycles. The summed E-state index contributed by atoms with van der Waals surface area (Å²) in [5.74, 6) is -0.961. The Bertz CT molecular complexity index is 657. The van der Waals surface area contributed by atoms with E-state index in [1.54, 1.807) is 0 Å². The van der Waals surface area contributed by atoms with Gasteiger partial charge in [0.1, 0.15) is 6.04 Å². The van der Waals surface area contributed by atoms with Crippen molar-refractivity contribution in [3.8, 4) is 0 Å². The first kappa shape index (κ1) is 15.9. The van der Waals surface area contributed by atoms with Gasteiger partial charge < -0.3 is 0 Å². The largest absolute Gasteiger partial charge is 0.295 e. The van der Waals surface area contributed by atoms with E-state index in [0.717, 1.165) is 4.31 Å². The Morgan fingerprint density at radius 1 is 1.24 bits per heavy atom. The molecule has 21 heavy (non-hydrogen) atoms. The van der Waals surface area contributed by atoms with Crippen LogP contribution in [0.2, 0.25) is 5.02 Å². The number of carbonyl (C=O) groups is 2. The number of halogens is 1. The van der Waals surface area contributed by atoms with Crippen LogP contribution < -0.4 is 5.32 Å². The molecule has 0 aromatic heterocycles. The Hall–Kier alpha value is -1.44. The minimum atomic E-state index is -3.82. The highest BCUT2D eigenvalue weighted by Gasteiger charge is 2.34. The van der Waals surface area contributed by atoms with Crippen molar-refractivity contribution >= 4 is 33.4 Å². The molecule has 1 N–H and O–H groups in total. The summed E-state index contributed by atoms with van der Waals surface area (Å²) < 4.78 is 26.0. The minimum absolute atomic E-state index is 0.0535. The lowest BCUT2D eigenvalue weighted by Gasteiger charge is -2.24. The number of likely N-dealkylation sites (N-methyl/N-ethyl adjacent to an activating group) is 1. The molecule has 8 heteroatoms. The van der Waals surface area contributed by atoms with Crippen LogP contribution in [0, 0.1) is 0 Å². The summed E-state index contributed by atoms with van der Waals surface area (Å²) in [6, 6.07) is 4.82. The number of rotatable bonds is 3. The molecule has 2 amide bonds. The molecule has 1 aliphatic heterocycles. The first-order valence-electron chi connectivity index (χ1n) is 6.39. The summed E-state index contributed by atoms with van der Waals surface area (Å²) in [4.78, 5) is 23.3. The topological polar surface area (TPSA) is 83.6 Å². The van der Waals surface area contributed by atoms with Gasteiger partial charge in [0.25, 0.3) is 0 Å². The maximum atomic E-state index is 12.5. The molecule has 1 saturated heterocycles. The maximum Gasteiger partial charge on any atom is 0.244 e. The highest BCUT2D eigenvalue weighted by molar-refractivity contribution is 7.89. The fourth-order valence-corrected chi connectivity index (χ4v) is 3.63. The van der Waals surface area contributed by atoms with E-state index in [1.165, 1.54) is 31.3 Å². The fourth-order valence-electron chi connectivity index (χ4n) is 2.16. The van der Waals surface area contributed by atoms with Gasteiger partial charge in [-0.25, -0.2) is 8.42 Å². The molecule has 1 unspecified atom stereocenters. The van der Waals surface area contributed by atoms with Crippen LogP contribution >= 0.6 is 11.6 Å². The van der Waals surface area contributed by atoms with E-state index >= 15 is 0 Å². The molecular formula is C13H15ClN2O4S. The molecule has 2 rings (SSSR count). The first-order chi connectivity index (χ1) is 9.82. The average Bonchev–Trinajstić information content (AvgIpc) is 2.59. The van der Waals surface area contributed by atoms with Crippen LogP contribution in [0.25, 0.3) is 0 Å². The predicted molar refractivity (Wildman–Crippen MR) is 77.2 cm³/mol. The van der Waals surface area contributed by atoms with Crippen LogP contribution in [0.4, 0.5) is 0 Å². The molecular weight excluding hydrogens is 316 g/mol. The van der Waals surface area contributed by atoms with Crippen molar-refractivity contribution in [3.63, 3.8) is 0 Å². The van der Waals surface area contributed by atoms with E-state index in [0.29, 0.717) is 17.9 Å². The van der Waals surface area contributed by atoms with Crippen molar-refractivity contribution in [2.75, 3.05) is 7.05 Å². The number of imide groups is 1. The monoisotopic (exact) mass is 330 g/mol. The number of amides is 2. The molecule has 0 aliphatic carbocycles. The molecule has 0 radical (unpaired) electrons. The number of nitrogens with one attached hydrogen (secondary N) is 1. The smallest absolute Gasteiger partial charge is 0.244 e. The summed E-state index contributed by atoms with van der Waals surface area (Å²) in [5, 5.41) is 2.63. The zero-order valence-corrected chi connectivity index (χ0v) is 12.9. The molecule has 1 fully saturated rings. The lowest BCUT2D eigenvalue weighted by atomic mass is 10.1. The van der Waals surface area contributed by atoms with Crippen LogP contribution in [-0.2, 0) is 19.6 Å². The van der Waals surface area contributed by atoms with Crippen LogP contribution in [0.5, 0.6) is 0 Å². The fraction of sp³-hybridized carbons (Fsp3) is 0.385. The van der Waals surface area contributed by atoms with Crippen LogP contribution in [0.3, 0.4) is 0 Å². The first-order valence-corrected chi connectivity index (χ1v) is 8.21. The number of hydrogen-bond donors (Lipinski definition) is 1. The van der Waals surface area contributed by atoms with Gasteiger partial charge in [-0.05, 0) is 37.1 Å². The van der Waals surface area contributed by atoms with Gasteiger partial charge in [-0.3, -0.25) is 14.9 Å². The predicted octanol–water partition coefficient (Wildman–Crippen LogP) is 1.16. The summed E-state index contributed by atoms with van der Waals surface area (Å²) in [6.45, 7) is 0. The number of nitrogens with zero attached hydrogens (tertiary/aromatic N) is 1. The van der Waals surface area contributed by atoms with Gasteiger partial charge in [0, 0.05) is 18.5 Å². The quantitative estimate of drug-likeness (QED) is 0.843. The minimum Gasteiger partial charge on any atom is -0.295 e. The number of hydrogen-bond acceptors (Lipinski definition) is 4. The molecule has 0 bridgehead atoms. The summed E-state index contributed by atoms with van der Waals surface area (Å²) >= 11 is 5.74. The number of carbonyl (C=O) groups excluding carboxylic acids is 2. The molecule has 6 nitrogen and oxygen atoms in total. The van der Waals surface area contributed by atoms with E-state index in [9.17, 15) is 18.0 Å². The molecule has 1 aliphatic rings. The van der Waals surface area contributed by atoms with Crippen molar-refractivity contribution in [1.29, 1.82) is 0 Å². The molecule has 114 valence electrons. The maximum absolute atomic E-state index is 12.5. The second kappa shape index (κ2) is 6.13. The zero-order valence-electron chi connectivity index (χ0n) is 11.4. The Morgan fingerprint density at radius 3 is 2.48 bits per heavy atom. The average molecular weight is 331 g/mol. The normalized spacial score (nSPS) is 20.2. The van der Waals surface area contributed by atoms with Gasteiger partial charge in [-0.15, -0.1) is 0 Å². The van der Waals surface area contributed by atoms with E-state index in [4.69, 9.17) is 11.6 Å². The van der Waals surface area contributed by atoms with Crippen LogP contribution in [0.15, 0.2) is 29.2 Å². The third-order valence-corrected chi connectivity index (χ3v) is 5.51. The highest BCUT2D eigenvalue weighted by atomic mass is 35.5. The number of benzene rings is 1. The van der Waals surface area contributed by atoms with Crippen LogP contribution in [-0.4, -0.2) is 37.6 Å². The molecule has 1 atom stereocenters. The van der Waals surface area contributed by atoms with Crippen LogP contribution in [0.1, 0.15) is 19.3 Å². The second-order valence-electron chi connectivity index (χ2n) is 4.80.